The molecule has 1 atom stereocenters. The zero-order chi connectivity index (χ0) is 12.4. The second-order valence-corrected chi connectivity index (χ2v) is 6.67. The number of likely N-dealkylation sites (tertiary alicyclic amines) is 1. The summed E-state index contributed by atoms with van der Waals surface area (Å²) in [5.74, 6) is -0.803. The predicted octanol–water partition coefficient (Wildman–Crippen LogP) is 0.360. The summed E-state index contributed by atoms with van der Waals surface area (Å²) in [6, 6.07) is 0. The molecule has 5 nitrogen and oxygen atoms in total. The fourth-order valence-electron chi connectivity index (χ4n) is 2.33. The smallest absolute Gasteiger partial charge is 0.324 e. The van der Waals surface area contributed by atoms with Crippen LogP contribution in [0.5, 0.6) is 0 Å². The minimum Gasteiger partial charge on any atom is -0.480 e. The molecule has 0 aliphatic carbocycles. The number of rotatable bonds is 5. The van der Waals surface area contributed by atoms with Gasteiger partial charge in [0.15, 0.2) is 0 Å². The maximum absolute atomic E-state index is 11.3. The van der Waals surface area contributed by atoms with Gasteiger partial charge in [-0.1, -0.05) is 6.92 Å². The van der Waals surface area contributed by atoms with E-state index in [-0.39, 0.29) is 5.75 Å². The number of sulfone groups is 1. The van der Waals surface area contributed by atoms with Crippen molar-refractivity contribution in [2.45, 2.75) is 31.7 Å². The van der Waals surface area contributed by atoms with Gasteiger partial charge < -0.3 is 5.11 Å². The number of carboxylic acids is 1. The third-order valence-electron chi connectivity index (χ3n) is 3.34. The molecule has 94 valence electrons. The number of hydrogen-bond acceptors (Lipinski definition) is 4. The number of carbonyl (C=O) groups is 1. The van der Waals surface area contributed by atoms with Gasteiger partial charge in [0.25, 0.3) is 0 Å². The van der Waals surface area contributed by atoms with E-state index in [4.69, 9.17) is 0 Å². The Morgan fingerprint density at radius 2 is 2.12 bits per heavy atom. The molecule has 1 aliphatic heterocycles. The fraction of sp³-hybridized carbons (Fsp3) is 0.900. The van der Waals surface area contributed by atoms with Crippen LogP contribution in [0, 0.1) is 0 Å². The molecule has 0 spiro atoms. The topological polar surface area (TPSA) is 74.7 Å². The van der Waals surface area contributed by atoms with Crippen LogP contribution >= 0.6 is 0 Å². The second kappa shape index (κ2) is 4.71. The van der Waals surface area contributed by atoms with Gasteiger partial charge in [-0.2, -0.15) is 0 Å². The highest BCUT2D eigenvalue weighted by Crippen LogP contribution is 2.32. The maximum atomic E-state index is 11.3. The predicted molar refractivity (Wildman–Crippen MR) is 61.2 cm³/mol. The van der Waals surface area contributed by atoms with E-state index >= 15 is 0 Å². The zero-order valence-corrected chi connectivity index (χ0v) is 10.6. The number of carboxylic acid groups (broad SMARTS) is 1. The highest BCUT2D eigenvalue weighted by molar-refractivity contribution is 7.90. The molecule has 1 saturated heterocycles. The Labute approximate surface area is 96.4 Å². The Balaban J connectivity index is 2.75. The first-order chi connectivity index (χ1) is 7.32. The van der Waals surface area contributed by atoms with Crippen LogP contribution in [-0.4, -0.2) is 55.0 Å². The van der Waals surface area contributed by atoms with Gasteiger partial charge in [-0.25, -0.2) is 8.42 Å². The molecule has 6 heteroatoms. The van der Waals surface area contributed by atoms with Crippen LogP contribution in [0.25, 0.3) is 0 Å². The molecule has 0 aromatic heterocycles. The molecule has 0 radical (unpaired) electrons. The lowest BCUT2D eigenvalue weighted by Crippen LogP contribution is -2.51. The third-order valence-corrected chi connectivity index (χ3v) is 4.26. The van der Waals surface area contributed by atoms with Crippen molar-refractivity contribution in [2.75, 3.05) is 25.1 Å². The SMILES string of the molecule is CCC1(C(=O)O)CCCN1CCS(C)(=O)=O. The summed E-state index contributed by atoms with van der Waals surface area (Å²) >= 11 is 0. The molecule has 0 saturated carbocycles. The summed E-state index contributed by atoms with van der Waals surface area (Å²) < 4.78 is 22.2. The second-order valence-electron chi connectivity index (χ2n) is 4.41. The van der Waals surface area contributed by atoms with Gasteiger partial charge in [0.05, 0.1) is 5.75 Å². The van der Waals surface area contributed by atoms with Gasteiger partial charge in [0.1, 0.15) is 15.4 Å². The molecule has 16 heavy (non-hydrogen) atoms. The summed E-state index contributed by atoms with van der Waals surface area (Å²) in [6.07, 6.45) is 3.13. The fourth-order valence-corrected chi connectivity index (χ4v) is 2.88. The molecule has 0 aromatic rings. The minimum absolute atomic E-state index is 0.0298. The molecule has 1 fully saturated rings. The van der Waals surface area contributed by atoms with Crippen molar-refractivity contribution in [1.82, 2.24) is 4.90 Å². The molecule has 0 amide bonds. The number of nitrogens with zero attached hydrogens (tertiary/aromatic N) is 1. The Kier molecular flexibility index (Phi) is 3.96. The minimum atomic E-state index is -3.03. The molecule has 1 heterocycles. The quantitative estimate of drug-likeness (QED) is 0.761. The molecule has 1 unspecified atom stereocenters. The van der Waals surface area contributed by atoms with Crippen LogP contribution in [-0.2, 0) is 14.6 Å². The molecule has 1 N–H and O–H groups in total. The number of hydrogen-bond donors (Lipinski definition) is 1. The van der Waals surface area contributed by atoms with E-state index in [1.54, 1.807) is 4.90 Å². The Morgan fingerprint density at radius 1 is 1.50 bits per heavy atom. The highest BCUT2D eigenvalue weighted by atomic mass is 32.2. The largest absolute Gasteiger partial charge is 0.480 e. The molecule has 0 aromatic carbocycles. The molecule has 1 rings (SSSR count). The van der Waals surface area contributed by atoms with Crippen LogP contribution in [0.1, 0.15) is 26.2 Å². The standard InChI is InChI=1S/C10H19NO4S/c1-3-10(9(12)13)5-4-6-11(10)7-8-16(2,14)15/h3-8H2,1-2H3,(H,12,13). The van der Waals surface area contributed by atoms with Crippen LogP contribution in [0.15, 0.2) is 0 Å². The first kappa shape index (κ1) is 13.4. The highest BCUT2D eigenvalue weighted by Gasteiger charge is 2.45. The van der Waals surface area contributed by atoms with Crippen molar-refractivity contribution in [3.8, 4) is 0 Å². The average Bonchev–Trinajstić information content (AvgIpc) is 2.57. The van der Waals surface area contributed by atoms with Crippen LogP contribution < -0.4 is 0 Å². The van der Waals surface area contributed by atoms with E-state index in [0.29, 0.717) is 25.9 Å². The first-order valence-corrected chi connectivity index (χ1v) is 7.54. The van der Waals surface area contributed by atoms with Gasteiger partial charge in [0, 0.05) is 12.8 Å². The van der Waals surface area contributed by atoms with Crippen LogP contribution in [0.4, 0.5) is 0 Å². The van der Waals surface area contributed by atoms with Crippen molar-refractivity contribution in [3.05, 3.63) is 0 Å². The van der Waals surface area contributed by atoms with E-state index in [0.717, 1.165) is 6.42 Å². The Hall–Kier alpha value is -0.620. The molecular weight excluding hydrogens is 230 g/mol. The van der Waals surface area contributed by atoms with Gasteiger partial charge in [0.2, 0.25) is 0 Å². The zero-order valence-electron chi connectivity index (χ0n) is 9.77. The Morgan fingerprint density at radius 3 is 2.56 bits per heavy atom. The van der Waals surface area contributed by atoms with E-state index in [1.807, 2.05) is 6.92 Å². The van der Waals surface area contributed by atoms with Crippen molar-refractivity contribution in [1.29, 1.82) is 0 Å². The summed E-state index contributed by atoms with van der Waals surface area (Å²) in [7, 11) is -3.03. The van der Waals surface area contributed by atoms with Crippen molar-refractivity contribution in [3.63, 3.8) is 0 Å². The summed E-state index contributed by atoms with van der Waals surface area (Å²) in [5.41, 5.74) is -0.843. The van der Waals surface area contributed by atoms with Gasteiger partial charge in [-0.15, -0.1) is 0 Å². The van der Waals surface area contributed by atoms with Gasteiger partial charge in [-0.05, 0) is 25.8 Å². The van der Waals surface area contributed by atoms with Crippen molar-refractivity contribution in [2.24, 2.45) is 0 Å². The molecule has 1 aliphatic rings. The van der Waals surface area contributed by atoms with E-state index in [2.05, 4.69) is 0 Å². The van der Waals surface area contributed by atoms with Crippen LogP contribution in [0.2, 0.25) is 0 Å². The van der Waals surface area contributed by atoms with Gasteiger partial charge >= 0.3 is 5.97 Å². The van der Waals surface area contributed by atoms with Crippen molar-refractivity contribution < 1.29 is 18.3 Å². The number of aliphatic carboxylic acids is 1. The average molecular weight is 249 g/mol. The summed E-state index contributed by atoms with van der Waals surface area (Å²) in [4.78, 5) is 13.1. The lowest BCUT2D eigenvalue weighted by molar-refractivity contribution is -0.149. The first-order valence-electron chi connectivity index (χ1n) is 5.48. The van der Waals surface area contributed by atoms with Gasteiger partial charge in [-0.3, -0.25) is 9.69 Å². The monoisotopic (exact) mass is 249 g/mol. The lowest BCUT2D eigenvalue weighted by Gasteiger charge is -2.33. The summed E-state index contributed by atoms with van der Waals surface area (Å²) in [5, 5.41) is 9.27. The van der Waals surface area contributed by atoms with E-state index in [1.165, 1.54) is 6.26 Å². The summed E-state index contributed by atoms with van der Waals surface area (Å²) in [6.45, 7) is 2.83. The Bertz CT molecular complexity index is 365. The van der Waals surface area contributed by atoms with E-state index < -0.39 is 21.3 Å². The molecule has 0 bridgehead atoms. The maximum Gasteiger partial charge on any atom is 0.324 e. The van der Waals surface area contributed by atoms with E-state index in [9.17, 15) is 18.3 Å². The van der Waals surface area contributed by atoms with Crippen LogP contribution in [0.3, 0.4) is 0 Å². The third kappa shape index (κ3) is 2.74. The normalized spacial score (nSPS) is 27.1. The van der Waals surface area contributed by atoms with Crippen molar-refractivity contribution >= 4 is 15.8 Å². The molecular formula is C10H19NO4S. The lowest BCUT2D eigenvalue weighted by atomic mass is 9.93.